The zero-order valence-corrected chi connectivity index (χ0v) is 8.38. The van der Waals surface area contributed by atoms with Crippen molar-refractivity contribution in [2.24, 2.45) is 0 Å². The Kier molecular flexibility index (Phi) is 2.43. The molecular formula is C9H11FNO2P. The molecule has 1 saturated heterocycles. The number of hydrogen-bond donors (Lipinski definition) is 2. The van der Waals surface area contributed by atoms with Crippen LogP contribution in [0.4, 0.5) is 4.39 Å². The number of halogens is 1. The van der Waals surface area contributed by atoms with Gasteiger partial charge in [0.15, 0.2) is 0 Å². The lowest BCUT2D eigenvalue weighted by atomic mass is 10.2. The highest BCUT2D eigenvalue weighted by Crippen LogP contribution is 2.56. The molecule has 76 valence electrons. The Morgan fingerprint density at radius 1 is 1.43 bits per heavy atom. The smallest absolute Gasteiger partial charge is 0.222 e. The van der Waals surface area contributed by atoms with E-state index in [2.05, 4.69) is 5.32 Å². The van der Waals surface area contributed by atoms with Crippen LogP contribution in [0.5, 0.6) is 0 Å². The van der Waals surface area contributed by atoms with Crippen molar-refractivity contribution in [1.29, 1.82) is 0 Å². The van der Waals surface area contributed by atoms with Gasteiger partial charge >= 0.3 is 0 Å². The normalized spacial score (nSPS) is 32.0. The lowest BCUT2D eigenvalue weighted by Crippen LogP contribution is -2.13. The summed E-state index contributed by atoms with van der Waals surface area (Å²) in [6.07, 6.45) is 0.287. The molecule has 3 nitrogen and oxygen atoms in total. The van der Waals surface area contributed by atoms with Crippen LogP contribution in [0.15, 0.2) is 24.3 Å². The molecule has 0 aliphatic carbocycles. The van der Waals surface area contributed by atoms with Crippen LogP contribution >= 0.6 is 7.37 Å². The summed E-state index contributed by atoms with van der Waals surface area (Å²) < 4.78 is 24.2. The highest BCUT2D eigenvalue weighted by molar-refractivity contribution is 7.58. The lowest BCUT2D eigenvalue weighted by molar-refractivity contribution is 0.470. The molecule has 1 heterocycles. The molecule has 2 unspecified atom stereocenters. The van der Waals surface area contributed by atoms with Crippen LogP contribution in [0, 0.1) is 5.82 Å². The zero-order valence-electron chi connectivity index (χ0n) is 7.48. The van der Waals surface area contributed by atoms with E-state index in [9.17, 15) is 13.8 Å². The molecule has 1 aliphatic heterocycles. The average molecular weight is 215 g/mol. The largest absolute Gasteiger partial charge is 0.343 e. The number of benzene rings is 1. The molecule has 0 spiro atoms. The topological polar surface area (TPSA) is 49.3 Å². The van der Waals surface area contributed by atoms with Crippen molar-refractivity contribution in [3.63, 3.8) is 0 Å². The first-order valence-corrected chi connectivity index (χ1v) is 6.31. The first-order chi connectivity index (χ1) is 6.59. The van der Waals surface area contributed by atoms with Gasteiger partial charge in [0.25, 0.3) is 0 Å². The van der Waals surface area contributed by atoms with Gasteiger partial charge in [-0.05, 0) is 17.7 Å². The van der Waals surface area contributed by atoms with Crippen LogP contribution in [0.25, 0.3) is 0 Å². The third-order valence-corrected chi connectivity index (χ3v) is 4.51. The number of hydrogen-bond acceptors (Lipinski definition) is 2. The summed E-state index contributed by atoms with van der Waals surface area (Å²) >= 11 is 0. The predicted octanol–water partition coefficient (Wildman–Crippen LogP) is 1.70. The maximum atomic E-state index is 12.6. The van der Waals surface area contributed by atoms with E-state index in [-0.39, 0.29) is 12.0 Å². The molecule has 2 N–H and O–H groups in total. The van der Waals surface area contributed by atoms with E-state index in [4.69, 9.17) is 0 Å². The van der Waals surface area contributed by atoms with E-state index >= 15 is 0 Å². The van der Waals surface area contributed by atoms with Gasteiger partial charge in [-0.2, -0.15) is 0 Å². The molecule has 1 aromatic rings. The van der Waals surface area contributed by atoms with Crippen molar-refractivity contribution in [1.82, 2.24) is 5.32 Å². The minimum absolute atomic E-state index is 0.287. The van der Waals surface area contributed by atoms with Crippen molar-refractivity contribution in [3.05, 3.63) is 35.6 Å². The van der Waals surface area contributed by atoms with Crippen molar-refractivity contribution < 1.29 is 13.8 Å². The second-order valence-corrected chi connectivity index (χ2v) is 5.86. The zero-order chi connectivity index (χ0) is 10.2. The molecule has 0 bridgehead atoms. The van der Waals surface area contributed by atoms with E-state index in [0.29, 0.717) is 12.1 Å². The molecule has 0 amide bonds. The highest BCUT2D eigenvalue weighted by Gasteiger charge is 2.36. The first-order valence-electron chi connectivity index (χ1n) is 4.40. The van der Waals surface area contributed by atoms with Gasteiger partial charge in [0, 0.05) is 12.7 Å². The molecule has 1 aromatic carbocycles. The highest BCUT2D eigenvalue weighted by atomic mass is 31.2. The Morgan fingerprint density at radius 3 is 2.57 bits per heavy atom. The van der Waals surface area contributed by atoms with Gasteiger partial charge in [0.1, 0.15) is 11.6 Å². The summed E-state index contributed by atoms with van der Waals surface area (Å²) in [4.78, 5) is 9.58. The van der Waals surface area contributed by atoms with E-state index in [1.54, 1.807) is 12.1 Å². The first kappa shape index (κ1) is 9.84. The second kappa shape index (κ2) is 3.46. The molecule has 2 rings (SSSR count). The van der Waals surface area contributed by atoms with Gasteiger partial charge in [-0.15, -0.1) is 0 Å². The van der Waals surface area contributed by atoms with Crippen LogP contribution in [-0.2, 0) is 4.57 Å². The standard InChI is InChI=1S/C9H11FNO2P/c10-8-3-1-7(2-4-8)9-11-5-6-14(9,12)13/h1-4,9,11H,5-6H2,(H,12,13). The molecule has 1 aliphatic rings. The molecule has 14 heavy (non-hydrogen) atoms. The van der Waals surface area contributed by atoms with Crippen molar-refractivity contribution in [2.75, 3.05) is 12.7 Å². The summed E-state index contributed by atoms with van der Waals surface area (Å²) in [5, 5.41) is 2.95. The van der Waals surface area contributed by atoms with Gasteiger partial charge in [0.2, 0.25) is 7.37 Å². The minimum atomic E-state index is -3.12. The Balaban J connectivity index is 2.31. The fourth-order valence-corrected chi connectivity index (χ4v) is 3.39. The Labute approximate surface area is 81.4 Å². The fourth-order valence-electron chi connectivity index (χ4n) is 1.63. The maximum absolute atomic E-state index is 12.6. The van der Waals surface area contributed by atoms with Crippen molar-refractivity contribution in [3.8, 4) is 0 Å². The van der Waals surface area contributed by atoms with Crippen LogP contribution in [0.1, 0.15) is 11.3 Å². The average Bonchev–Trinajstić information content (AvgIpc) is 2.47. The summed E-state index contributed by atoms with van der Waals surface area (Å²) in [6, 6.07) is 5.69. The molecule has 2 atom stereocenters. The summed E-state index contributed by atoms with van der Waals surface area (Å²) in [5.41, 5.74) is 0.676. The molecule has 0 radical (unpaired) electrons. The molecular weight excluding hydrogens is 204 g/mol. The van der Waals surface area contributed by atoms with Gasteiger partial charge < -0.3 is 10.2 Å². The maximum Gasteiger partial charge on any atom is 0.222 e. The predicted molar refractivity (Wildman–Crippen MR) is 51.8 cm³/mol. The van der Waals surface area contributed by atoms with E-state index in [1.165, 1.54) is 12.1 Å². The van der Waals surface area contributed by atoms with Crippen molar-refractivity contribution in [2.45, 2.75) is 5.78 Å². The van der Waals surface area contributed by atoms with Crippen LogP contribution in [0.3, 0.4) is 0 Å². The quantitative estimate of drug-likeness (QED) is 0.701. The molecule has 1 fully saturated rings. The Morgan fingerprint density at radius 2 is 2.07 bits per heavy atom. The minimum Gasteiger partial charge on any atom is -0.343 e. The SMILES string of the molecule is O=P1(O)CCNC1c1ccc(F)cc1. The fraction of sp³-hybridized carbons (Fsp3) is 0.333. The van der Waals surface area contributed by atoms with Gasteiger partial charge in [-0.3, -0.25) is 4.57 Å². The lowest BCUT2D eigenvalue weighted by Gasteiger charge is -2.14. The second-order valence-electron chi connectivity index (χ2n) is 3.39. The Hall–Kier alpha value is -0.700. The Bertz CT molecular complexity index is 379. The molecule has 0 aromatic heterocycles. The summed E-state index contributed by atoms with van der Waals surface area (Å²) in [7, 11) is -3.12. The van der Waals surface area contributed by atoms with E-state index in [0.717, 1.165) is 0 Å². The van der Waals surface area contributed by atoms with Crippen LogP contribution in [0.2, 0.25) is 0 Å². The molecule has 0 saturated carbocycles. The summed E-state index contributed by atoms with van der Waals surface area (Å²) in [6.45, 7) is 0.538. The number of rotatable bonds is 1. The monoisotopic (exact) mass is 215 g/mol. The van der Waals surface area contributed by atoms with Crippen molar-refractivity contribution >= 4 is 7.37 Å². The number of nitrogens with one attached hydrogen (secondary N) is 1. The molecule has 5 heteroatoms. The third kappa shape index (κ3) is 1.73. The summed E-state index contributed by atoms with van der Waals surface area (Å²) in [5.74, 6) is -0.859. The van der Waals surface area contributed by atoms with Crippen LogP contribution in [-0.4, -0.2) is 17.6 Å². The van der Waals surface area contributed by atoms with Gasteiger partial charge in [-0.25, -0.2) is 4.39 Å². The third-order valence-electron chi connectivity index (χ3n) is 2.36. The van der Waals surface area contributed by atoms with Gasteiger partial charge in [0.05, 0.1) is 0 Å². The van der Waals surface area contributed by atoms with E-state index < -0.39 is 13.2 Å². The van der Waals surface area contributed by atoms with Crippen LogP contribution < -0.4 is 5.32 Å². The van der Waals surface area contributed by atoms with E-state index in [1.807, 2.05) is 0 Å². The van der Waals surface area contributed by atoms with Gasteiger partial charge in [-0.1, -0.05) is 12.1 Å².